The van der Waals surface area contributed by atoms with Crippen molar-refractivity contribution in [2.24, 2.45) is 0 Å². The summed E-state index contributed by atoms with van der Waals surface area (Å²) in [6, 6.07) is 10.4. The first-order valence-electron chi connectivity index (χ1n) is 8.52. The second kappa shape index (κ2) is 12.4. The Bertz CT molecular complexity index is 359. The van der Waals surface area contributed by atoms with Crippen molar-refractivity contribution < 1.29 is 9.53 Å². The van der Waals surface area contributed by atoms with Crippen LogP contribution in [0, 0.1) is 0 Å². The number of ether oxygens (including phenoxy) is 1. The number of aryl methyl sites for hydroxylation is 1. The normalized spacial score (nSPS) is 10.5. The monoisotopic (exact) mass is 290 g/mol. The molecule has 1 aromatic rings. The number of esters is 1. The van der Waals surface area contributed by atoms with Crippen LogP contribution in [0.3, 0.4) is 0 Å². The Labute approximate surface area is 129 Å². The summed E-state index contributed by atoms with van der Waals surface area (Å²) in [7, 11) is 0. The van der Waals surface area contributed by atoms with Crippen molar-refractivity contribution in [2.75, 3.05) is 6.61 Å². The van der Waals surface area contributed by atoms with Crippen LogP contribution >= 0.6 is 0 Å². The maximum atomic E-state index is 11.6. The summed E-state index contributed by atoms with van der Waals surface area (Å²) in [5.74, 6) is -0.0309. The van der Waals surface area contributed by atoms with E-state index in [9.17, 15) is 4.79 Å². The lowest BCUT2D eigenvalue weighted by Crippen LogP contribution is -2.05. The lowest BCUT2D eigenvalue weighted by atomic mass is 10.1. The highest BCUT2D eigenvalue weighted by Crippen LogP contribution is 2.08. The number of carbonyl (C=O) groups is 1. The van der Waals surface area contributed by atoms with Crippen LogP contribution in [0.2, 0.25) is 0 Å². The molecule has 0 spiro atoms. The summed E-state index contributed by atoms with van der Waals surface area (Å²) in [6.07, 6.45) is 10.9. The summed E-state index contributed by atoms with van der Waals surface area (Å²) in [6.45, 7) is 2.82. The summed E-state index contributed by atoms with van der Waals surface area (Å²) in [5, 5.41) is 0. The number of carbonyl (C=O) groups excluding carboxylic acids is 1. The van der Waals surface area contributed by atoms with Crippen LogP contribution in [0.4, 0.5) is 0 Å². The molecule has 0 bridgehead atoms. The Hall–Kier alpha value is -1.31. The highest BCUT2D eigenvalue weighted by molar-refractivity contribution is 5.69. The SMILES string of the molecule is CCCCCCCCOC(=O)CCCCc1ccccc1. The largest absolute Gasteiger partial charge is 0.466 e. The highest BCUT2D eigenvalue weighted by atomic mass is 16.5. The molecule has 1 aromatic carbocycles. The van der Waals surface area contributed by atoms with E-state index in [-0.39, 0.29) is 5.97 Å². The molecule has 0 saturated heterocycles. The van der Waals surface area contributed by atoms with Gasteiger partial charge in [-0.15, -0.1) is 0 Å². The molecule has 0 amide bonds. The van der Waals surface area contributed by atoms with Gasteiger partial charge < -0.3 is 4.74 Å². The third kappa shape index (κ3) is 10.1. The van der Waals surface area contributed by atoms with Crippen LogP contribution in [-0.4, -0.2) is 12.6 Å². The van der Waals surface area contributed by atoms with E-state index >= 15 is 0 Å². The summed E-state index contributed by atoms with van der Waals surface area (Å²) < 4.78 is 5.26. The van der Waals surface area contributed by atoms with Gasteiger partial charge in [-0.3, -0.25) is 4.79 Å². The zero-order chi connectivity index (χ0) is 15.2. The fourth-order valence-electron chi connectivity index (χ4n) is 2.38. The standard InChI is InChI=1S/C19H30O2/c1-2-3-4-5-6-12-17-21-19(20)16-11-10-15-18-13-8-7-9-14-18/h7-9,13-14H,2-6,10-12,15-17H2,1H3. The molecule has 1 rings (SSSR count). The average Bonchev–Trinajstić information content (AvgIpc) is 2.52. The molecule has 0 saturated carbocycles. The lowest BCUT2D eigenvalue weighted by Gasteiger charge is -2.05. The van der Waals surface area contributed by atoms with Crippen molar-refractivity contribution in [2.45, 2.75) is 71.1 Å². The van der Waals surface area contributed by atoms with E-state index in [0.717, 1.165) is 25.7 Å². The van der Waals surface area contributed by atoms with Crippen LogP contribution < -0.4 is 0 Å². The Morgan fingerprint density at radius 2 is 1.62 bits per heavy atom. The molecule has 118 valence electrons. The van der Waals surface area contributed by atoms with Crippen molar-refractivity contribution >= 4 is 5.97 Å². The van der Waals surface area contributed by atoms with Crippen LogP contribution in [0.25, 0.3) is 0 Å². The number of hydrogen-bond acceptors (Lipinski definition) is 2. The number of benzene rings is 1. The van der Waals surface area contributed by atoms with Gasteiger partial charge in [0.15, 0.2) is 0 Å². The van der Waals surface area contributed by atoms with Crippen LogP contribution in [-0.2, 0) is 16.0 Å². The topological polar surface area (TPSA) is 26.3 Å². The molecule has 0 fully saturated rings. The minimum Gasteiger partial charge on any atom is -0.466 e. The Morgan fingerprint density at radius 1 is 0.905 bits per heavy atom. The highest BCUT2D eigenvalue weighted by Gasteiger charge is 2.02. The van der Waals surface area contributed by atoms with E-state index < -0.39 is 0 Å². The van der Waals surface area contributed by atoms with E-state index in [0.29, 0.717) is 13.0 Å². The average molecular weight is 290 g/mol. The van der Waals surface area contributed by atoms with Crippen molar-refractivity contribution in [3.05, 3.63) is 35.9 Å². The zero-order valence-electron chi connectivity index (χ0n) is 13.5. The number of rotatable bonds is 12. The lowest BCUT2D eigenvalue weighted by molar-refractivity contribution is -0.143. The first-order valence-corrected chi connectivity index (χ1v) is 8.52. The van der Waals surface area contributed by atoms with Crippen molar-refractivity contribution in [1.29, 1.82) is 0 Å². The third-order valence-electron chi connectivity index (χ3n) is 3.70. The van der Waals surface area contributed by atoms with Gasteiger partial charge in [0, 0.05) is 6.42 Å². The van der Waals surface area contributed by atoms with E-state index in [1.54, 1.807) is 0 Å². The third-order valence-corrected chi connectivity index (χ3v) is 3.70. The summed E-state index contributed by atoms with van der Waals surface area (Å²) in [4.78, 5) is 11.6. The second-order valence-corrected chi connectivity index (χ2v) is 5.68. The Morgan fingerprint density at radius 3 is 2.38 bits per heavy atom. The molecule has 2 heteroatoms. The van der Waals surface area contributed by atoms with Crippen LogP contribution in [0.15, 0.2) is 30.3 Å². The van der Waals surface area contributed by atoms with Crippen molar-refractivity contribution in [3.63, 3.8) is 0 Å². The zero-order valence-corrected chi connectivity index (χ0v) is 13.5. The predicted octanol–water partition coefficient (Wildman–Crippen LogP) is 5.30. The molecule has 21 heavy (non-hydrogen) atoms. The van der Waals surface area contributed by atoms with Crippen LogP contribution in [0.1, 0.15) is 70.3 Å². The first kappa shape index (κ1) is 17.7. The van der Waals surface area contributed by atoms with E-state index in [1.807, 2.05) is 6.07 Å². The molecule has 2 nitrogen and oxygen atoms in total. The number of unbranched alkanes of at least 4 members (excludes halogenated alkanes) is 6. The Kier molecular flexibility index (Phi) is 10.5. The fraction of sp³-hybridized carbons (Fsp3) is 0.632. The molecule has 0 unspecified atom stereocenters. The van der Waals surface area contributed by atoms with Gasteiger partial charge in [0.25, 0.3) is 0 Å². The first-order chi connectivity index (χ1) is 10.3. The van der Waals surface area contributed by atoms with E-state index in [1.165, 1.54) is 37.7 Å². The molecule has 0 atom stereocenters. The minimum absolute atomic E-state index is 0.0309. The van der Waals surface area contributed by atoms with Gasteiger partial charge in [0.05, 0.1) is 6.61 Å². The van der Waals surface area contributed by atoms with Crippen molar-refractivity contribution in [1.82, 2.24) is 0 Å². The van der Waals surface area contributed by atoms with Crippen LogP contribution in [0.5, 0.6) is 0 Å². The molecule has 0 aliphatic rings. The molecular weight excluding hydrogens is 260 g/mol. The van der Waals surface area contributed by atoms with Gasteiger partial charge in [-0.05, 0) is 31.2 Å². The predicted molar refractivity (Wildman–Crippen MR) is 88.3 cm³/mol. The summed E-state index contributed by atoms with van der Waals surface area (Å²) in [5.41, 5.74) is 1.35. The quantitative estimate of drug-likeness (QED) is 0.385. The number of hydrogen-bond donors (Lipinski definition) is 0. The van der Waals surface area contributed by atoms with Gasteiger partial charge in [-0.25, -0.2) is 0 Å². The van der Waals surface area contributed by atoms with Gasteiger partial charge in [-0.1, -0.05) is 69.4 Å². The molecule has 0 radical (unpaired) electrons. The smallest absolute Gasteiger partial charge is 0.305 e. The molecule has 0 aromatic heterocycles. The maximum absolute atomic E-state index is 11.6. The van der Waals surface area contributed by atoms with Gasteiger partial charge in [0.2, 0.25) is 0 Å². The van der Waals surface area contributed by atoms with Crippen molar-refractivity contribution in [3.8, 4) is 0 Å². The Balaban J connectivity index is 1.90. The second-order valence-electron chi connectivity index (χ2n) is 5.68. The maximum Gasteiger partial charge on any atom is 0.305 e. The van der Waals surface area contributed by atoms with Gasteiger partial charge in [-0.2, -0.15) is 0 Å². The summed E-state index contributed by atoms with van der Waals surface area (Å²) >= 11 is 0. The fourth-order valence-corrected chi connectivity index (χ4v) is 2.38. The minimum atomic E-state index is -0.0309. The van der Waals surface area contributed by atoms with Gasteiger partial charge >= 0.3 is 5.97 Å². The molecule has 0 aliphatic carbocycles. The van der Waals surface area contributed by atoms with E-state index in [4.69, 9.17) is 4.74 Å². The molecule has 0 N–H and O–H groups in total. The van der Waals surface area contributed by atoms with E-state index in [2.05, 4.69) is 31.2 Å². The molecular formula is C19H30O2. The molecule has 0 heterocycles. The van der Waals surface area contributed by atoms with Gasteiger partial charge in [0.1, 0.15) is 0 Å². The molecule has 0 aliphatic heterocycles.